The van der Waals surface area contributed by atoms with Gasteiger partial charge in [0.15, 0.2) is 0 Å². The van der Waals surface area contributed by atoms with Crippen molar-refractivity contribution in [1.29, 1.82) is 0 Å². The lowest BCUT2D eigenvalue weighted by Gasteiger charge is -2.18. The molecule has 0 N–H and O–H groups in total. The molecular weight excluding hydrogens is 186 g/mol. The van der Waals surface area contributed by atoms with Gasteiger partial charge in [0.25, 0.3) is 0 Å². The third kappa shape index (κ3) is 2.51. The average Bonchev–Trinajstić information content (AvgIpc) is 2.14. The molecule has 0 aliphatic rings. The summed E-state index contributed by atoms with van der Waals surface area (Å²) in [6.45, 7) is 7.37. The van der Waals surface area contributed by atoms with Crippen molar-refractivity contribution in [2.24, 2.45) is 0 Å². The highest BCUT2D eigenvalue weighted by Crippen LogP contribution is 2.28. The summed E-state index contributed by atoms with van der Waals surface area (Å²) in [7, 11) is 5.92. The van der Waals surface area contributed by atoms with Crippen molar-refractivity contribution >= 4 is 0 Å². The Labute approximate surface area is 92.9 Å². The largest absolute Gasteiger partial charge is 0.496 e. The first-order chi connectivity index (χ1) is 6.97. The van der Waals surface area contributed by atoms with E-state index in [9.17, 15) is 0 Å². The molecule has 1 aromatic rings. The molecule has 0 fully saturated rings. The Morgan fingerprint density at radius 3 is 2.20 bits per heavy atom. The Morgan fingerprint density at radius 1 is 1.13 bits per heavy atom. The molecule has 0 saturated heterocycles. The van der Waals surface area contributed by atoms with Crippen LogP contribution in [-0.4, -0.2) is 26.1 Å². The normalized spacial score (nSPS) is 10.9. The molecular formula is C13H21NO. The second kappa shape index (κ2) is 4.67. The van der Waals surface area contributed by atoms with Crippen LogP contribution in [0.4, 0.5) is 0 Å². The number of hydrogen-bond acceptors (Lipinski definition) is 2. The van der Waals surface area contributed by atoms with Gasteiger partial charge < -0.3 is 9.64 Å². The summed E-state index contributed by atoms with van der Waals surface area (Å²) in [5.74, 6) is 1.02. The molecule has 0 radical (unpaired) electrons. The molecule has 0 amide bonds. The Morgan fingerprint density at radius 2 is 1.73 bits per heavy atom. The van der Waals surface area contributed by atoms with Crippen molar-refractivity contribution in [3.63, 3.8) is 0 Å². The van der Waals surface area contributed by atoms with Crippen LogP contribution in [0.5, 0.6) is 5.75 Å². The average molecular weight is 207 g/mol. The van der Waals surface area contributed by atoms with Gasteiger partial charge in [-0.3, -0.25) is 0 Å². The Kier molecular flexibility index (Phi) is 3.75. The molecule has 2 heteroatoms. The summed E-state index contributed by atoms with van der Waals surface area (Å²) in [6, 6.07) is 2.22. The van der Waals surface area contributed by atoms with E-state index in [0.29, 0.717) is 0 Å². The highest BCUT2D eigenvalue weighted by atomic mass is 16.5. The quantitative estimate of drug-likeness (QED) is 0.755. The molecule has 0 spiro atoms. The third-order valence-corrected chi connectivity index (χ3v) is 2.82. The second-order valence-corrected chi connectivity index (χ2v) is 4.37. The van der Waals surface area contributed by atoms with Gasteiger partial charge in [0.05, 0.1) is 7.11 Å². The van der Waals surface area contributed by atoms with E-state index >= 15 is 0 Å². The molecule has 0 aromatic heterocycles. The van der Waals surface area contributed by atoms with Crippen molar-refractivity contribution in [3.05, 3.63) is 28.3 Å². The van der Waals surface area contributed by atoms with Crippen molar-refractivity contribution in [3.8, 4) is 5.75 Å². The number of rotatable bonds is 3. The Balaban J connectivity index is 3.21. The minimum atomic E-state index is 0.984. The first-order valence-electron chi connectivity index (χ1n) is 5.25. The van der Waals surface area contributed by atoms with E-state index in [-0.39, 0.29) is 0 Å². The SMILES string of the molecule is COc1c(C)cc(CN(C)C)c(C)c1C. The lowest BCUT2D eigenvalue weighted by atomic mass is 9.98. The zero-order chi connectivity index (χ0) is 11.6. The summed E-state index contributed by atoms with van der Waals surface area (Å²) in [4.78, 5) is 2.19. The van der Waals surface area contributed by atoms with E-state index in [1.54, 1.807) is 7.11 Å². The topological polar surface area (TPSA) is 12.5 Å². The maximum absolute atomic E-state index is 5.40. The summed E-state index contributed by atoms with van der Waals surface area (Å²) >= 11 is 0. The Hall–Kier alpha value is -1.02. The molecule has 0 saturated carbocycles. The van der Waals surface area contributed by atoms with Crippen LogP contribution in [0, 0.1) is 20.8 Å². The van der Waals surface area contributed by atoms with Crippen LogP contribution in [-0.2, 0) is 6.54 Å². The van der Waals surface area contributed by atoms with Gasteiger partial charge in [0.1, 0.15) is 5.75 Å². The fourth-order valence-corrected chi connectivity index (χ4v) is 1.96. The molecule has 15 heavy (non-hydrogen) atoms. The van der Waals surface area contributed by atoms with Crippen molar-refractivity contribution in [1.82, 2.24) is 4.90 Å². The highest BCUT2D eigenvalue weighted by Gasteiger charge is 2.10. The second-order valence-electron chi connectivity index (χ2n) is 4.37. The number of hydrogen-bond donors (Lipinski definition) is 0. The maximum Gasteiger partial charge on any atom is 0.124 e. The molecule has 84 valence electrons. The van der Waals surface area contributed by atoms with E-state index in [1.807, 2.05) is 0 Å². The number of nitrogens with zero attached hydrogens (tertiary/aromatic N) is 1. The predicted octanol–water partition coefficient (Wildman–Crippen LogP) is 2.68. The monoisotopic (exact) mass is 207 g/mol. The number of methoxy groups -OCH3 is 1. The third-order valence-electron chi connectivity index (χ3n) is 2.82. The fourth-order valence-electron chi connectivity index (χ4n) is 1.96. The van der Waals surface area contributed by atoms with Gasteiger partial charge in [0.2, 0.25) is 0 Å². The molecule has 1 aromatic carbocycles. The van der Waals surface area contributed by atoms with Crippen molar-refractivity contribution < 1.29 is 4.74 Å². The van der Waals surface area contributed by atoms with E-state index in [2.05, 4.69) is 45.8 Å². The maximum atomic E-state index is 5.40. The zero-order valence-electron chi connectivity index (χ0n) is 10.6. The van der Waals surface area contributed by atoms with Gasteiger partial charge in [-0.05, 0) is 57.1 Å². The Bertz CT molecular complexity index is 356. The zero-order valence-corrected chi connectivity index (χ0v) is 10.6. The molecule has 0 aliphatic carbocycles. The highest BCUT2D eigenvalue weighted by molar-refractivity contribution is 5.48. The molecule has 1 rings (SSSR count). The van der Waals surface area contributed by atoms with E-state index in [0.717, 1.165) is 12.3 Å². The van der Waals surface area contributed by atoms with Gasteiger partial charge in [0, 0.05) is 6.54 Å². The van der Waals surface area contributed by atoms with E-state index < -0.39 is 0 Å². The predicted molar refractivity (Wildman–Crippen MR) is 64.6 cm³/mol. The summed E-state index contributed by atoms with van der Waals surface area (Å²) in [6.07, 6.45) is 0. The van der Waals surface area contributed by atoms with Crippen LogP contribution in [0.1, 0.15) is 22.3 Å². The number of aryl methyl sites for hydroxylation is 1. The molecule has 0 unspecified atom stereocenters. The first kappa shape index (κ1) is 12.1. The van der Waals surface area contributed by atoms with Gasteiger partial charge in [-0.25, -0.2) is 0 Å². The van der Waals surface area contributed by atoms with Crippen molar-refractivity contribution in [2.75, 3.05) is 21.2 Å². The standard InChI is InChI=1S/C13H21NO/c1-9-7-12(8-14(4)5)10(2)11(3)13(9)15-6/h7H,8H2,1-6H3. The summed E-state index contributed by atoms with van der Waals surface area (Å²) in [5.41, 5.74) is 5.20. The number of ether oxygens (including phenoxy) is 1. The number of benzene rings is 1. The van der Waals surface area contributed by atoms with Gasteiger partial charge in [-0.1, -0.05) is 6.07 Å². The van der Waals surface area contributed by atoms with Crippen LogP contribution in [0.2, 0.25) is 0 Å². The van der Waals surface area contributed by atoms with Crippen LogP contribution in [0.25, 0.3) is 0 Å². The van der Waals surface area contributed by atoms with Crippen LogP contribution in [0.3, 0.4) is 0 Å². The van der Waals surface area contributed by atoms with Gasteiger partial charge >= 0.3 is 0 Å². The minimum Gasteiger partial charge on any atom is -0.496 e. The first-order valence-corrected chi connectivity index (χ1v) is 5.25. The molecule has 0 heterocycles. The van der Waals surface area contributed by atoms with Crippen LogP contribution >= 0.6 is 0 Å². The van der Waals surface area contributed by atoms with Crippen molar-refractivity contribution in [2.45, 2.75) is 27.3 Å². The molecule has 0 atom stereocenters. The lowest BCUT2D eigenvalue weighted by molar-refractivity contribution is 0.395. The van der Waals surface area contributed by atoms with E-state index in [4.69, 9.17) is 4.74 Å². The van der Waals surface area contributed by atoms with Crippen LogP contribution < -0.4 is 4.74 Å². The summed E-state index contributed by atoms with van der Waals surface area (Å²) in [5, 5.41) is 0. The van der Waals surface area contributed by atoms with E-state index in [1.165, 1.54) is 22.3 Å². The fraction of sp³-hybridized carbons (Fsp3) is 0.538. The molecule has 0 aliphatic heterocycles. The summed E-state index contributed by atoms with van der Waals surface area (Å²) < 4.78 is 5.40. The molecule has 2 nitrogen and oxygen atoms in total. The van der Waals surface area contributed by atoms with Gasteiger partial charge in [-0.2, -0.15) is 0 Å². The minimum absolute atomic E-state index is 0.984. The molecule has 0 bridgehead atoms. The smallest absolute Gasteiger partial charge is 0.124 e. The van der Waals surface area contributed by atoms with Gasteiger partial charge in [-0.15, -0.1) is 0 Å². The van der Waals surface area contributed by atoms with Crippen LogP contribution in [0.15, 0.2) is 6.07 Å². The lowest BCUT2D eigenvalue weighted by Crippen LogP contribution is -2.12.